The molecule has 0 fully saturated rings. The molecule has 0 radical (unpaired) electrons. The largest absolute Gasteiger partial charge is 0.366 e. The second-order valence-corrected chi connectivity index (χ2v) is 6.15. The first-order chi connectivity index (χ1) is 10.6. The van der Waals surface area contributed by atoms with Crippen LogP contribution in [0.25, 0.3) is 0 Å². The van der Waals surface area contributed by atoms with Crippen LogP contribution in [0.1, 0.15) is 13.3 Å². The highest BCUT2D eigenvalue weighted by molar-refractivity contribution is 6.30. The van der Waals surface area contributed by atoms with Crippen LogP contribution >= 0.6 is 11.6 Å². The van der Waals surface area contributed by atoms with Crippen LogP contribution in [0.3, 0.4) is 0 Å². The molecule has 2 aliphatic heterocycles. The van der Waals surface area contributed by atoms with Crippen molar-refractivity contribution in [2.75, 3.05) is 22.9 Å². The fourth-order valence-electron chi connectivity index (χ4n) is 3.03. The Morgan fingerprint density at radius 3 is 2.64 bits per heavy atom. The van der Waals surface area contributed by atoms with Gasteiger partial charge in [-0.15, -0.1) is 0 Å². The van der Waals surface area contributed by atoms with Gasteiger partial charge in [0.2, 0.25) is 0 Å². The van der Waals surface area contributed by atoms with Gasteiger partial charge >= 0.3 is 0 Å². The molecule has 5 nitrogen and oxygen atoms in total. The molecule has 118 valence electrons. The second kappa shape index (κ2) is 6.20. The zero-order valence-corrected chi connectivity index (χ0v) is 13.4. The van der Waals surface area contributed by atoms with Crippen molar-refractivity contribution in [1.82, 2.24) is 5.32 Å². The maximum Gasteiger partial charge on any atom is 0.106 e. The molecule has 2 atom stereocenters. The second-order valence-electron chi connectivity index (χ2n) is 5.66. The first-order valence-corrected chi connectivity index (χ1v) is 7.92. The van der Waals surface area contributed by atoms with Crippen molar-refractivity contribution < 1.29 is 0 Å². The number of fused-ring (bicyclic) bond motifs is 1. The summed E-state index contributed by atoms with van der Waals surface area (Å²) in [5.41, 5.74) is 14.7. The third-order valence-corrected chi connectivity index (χ3v) is 4.31. The number of nitrogens with one attached hydrogen (secondary N) is 1. The Morgan fingerprint density at radius 2 is 2.00 bits per heavy atom. The zero-order valence-electron chi connectivity index (χ0n) is 12.7. The summed E-state index contributed by atoms with van der Waals surface area (Å²) in [6.07, 6.45) is 4.53. The summed E-state index contributed by atoms with van der Waals surface area (Å²) in [5, 5.41) is 4.17. The Kier molecular flexibility index (Phi) is 4.29. The van der Waals surface area contributed by atoms with Crippen molar-refractivity contribution in [2.45, 2.75) is 25.7 Å². The van der Waals surface area contributed by atoms with Crippen LogP contribution in [0.5, 0.6) is 0 Å². The van der Waals surface area contributed by atoms with Crippen LogP contribution in [-0.4, -0.2) is 25.4 Å². The number of nitrogens with zero attached hydrogens (tertiary/aromatic N) is 2. The van der Waals surface area contributed by atoms with Crippen molar-refractivity contribution in [3.8, 4) is 0 Å². The predicted octanol–water partition coefficient (Wildman–Crippen LogP) is 1.86. The lowest BCUT2D eigenvalue weighted by Gasteiger charge is -2.34. The molecule has 2 unspecified atom stereocenters. The molecule has 3 rings (SSSR count). The predicted molar refractivity (Wildman–Crippen MR) is 92.5 cm³/mol. The Morgan fingerprint density at radius 1 is 1.27 bits per heavy atom. The van der Waals surface area contributed by atoms with Gasteiger partial charge in [0.15, 0.2) is 0 Å². The van der Waals surface area contributed by atoms with Crippen molar-refractivity contribution in [3.05, 3.63) is 47.3 Å². The van der Waals surface area contributed by atoms with E-state index in [2.05, 4.69) is 27.2 Å². The molecular formula is C16H22ClN5. The van der Waals surface area contributed by atoms with Gasteiger partial charge in [-0.2, -0.15) is 0 Å². The maximum absolute atomic E-state index is 6.35. The molecule has 1 aromatic carbocycles. The lowest BCUT2D eigenvalue weighted by molar-refractivity contribution is 0.525. The van der Waals surface area contributed by atoms with E-state index in [0.717, 1.165) is 35.2 Å². The molecule has 1 aromatic rings. The third-order valence-electron chi connectivity index (χ3n) is 4.05. The number of hydrogen-bond donors (Lipinski definition) is 3. The minimum absolute atomic E-state index is 0.102. The van der Waals surface area contributed by atoms with E-state index in [1.54, 1.807) is 0 Å². The molecule has 0 bridgehead atoms. The van der Waals surface area contributed by atoms with E-state index in [-0.39, 0.29) is 12.3 Å². The number of para-hydroxylation sites is 2. The molecule has 0 aliphatic carbocycles. The molecule has 0 spiro atoms. The normalized spacial score (nSPS) is 23.0. The van der Waals surface area contributed by atoms with E-state index < -0.39 is 0 Å². The van der Waals surface area contributed by atoms with Gasteiger partial charge in [-0.25, -0.2) is 0 Å². The molecule has 0 saturated heterocycles. The summed E-state index contributed by atoms with van der Waals surface area (Å²) < 4.78 is 0. The van der Waals surface area contributed by atoms with Crippen molar-refractivity contribution in [3.63, 3.8) is 0 Å². The lowest BCUT2D eigenvalue weighted by Crippen LogP contribution is -2.51. The summed E-state index contributed by atoms with van der Waals surface area (Å²) in [7, 11) is 0. The van der Waals surface area contributed by atoms with Gasteiger partial charge in [0.05, 0.1) is 30.3 Å². The van der Waals surface area contributed by atoms with Crippen LogP contribution in [0.15, 0.2) is 47.3 Å². The van der Waals surface area contributed by atoms with E-state index in [9.17, 15) is 0 Å². The Balaban J connectivity index is 2.04. The average molecular weight is 320 g/mol. The summed E-state index contributed by atoms with van der Waals surface area (Å²) >= 11 is 6.03. The quantitative estimate of drug-likeness (QED) is 0.776. The Bertz CT molecular complexity index is 610. The van der Waals surface area contributed by atoms with Gasteiger partial charge in [-0.3, -0.25) is 0 Å². The number of anilines is 2. The van der Waals surface area contributed by atoms with Gasteiger partial charge in [-0.1, -0.05) is 23.7 Å². The summed E-state index contributed by atoms with van der Waals surface area (Å²) in [5.74, 6) is 1.04. The van der Waals surface area contributed by atoms with Gasteiger partial charge in [-0.05, 0) is 37.6 Å². The number of dihydropyridines is 1. The lowest BCUT2D eigenvalue weighted by atomic mass is 10.2. The fourth-order valence-corrected chi connectivity index (χ4v) is 3.16. The zero-order chi connectivity index (χ0) is 15.7. The Labute approximate surface area is 136 Å². The van der Waals surface area contributed by atoms with E-state index in [0.29, 0.717) is 6.54 Å². The first-order valence-electron chi connectivity index (χ1n) is 7.54. The smallest absolute Gasteiger partial charge is 0.106 e. The van der Waals surface area contributed by atoms with Gasteiger partial charge in [0.1, 0.15) is 5.82 Å². The van der Waals surface area contributed by atoms with Crippen LogP contribution in [0, 0.1) is 0 Å². The van der Waals surface area contributed by atoms with Crippen molar-refractivity contribution in [1.29, 1.82) is 0 Å². The number of hydrogen-bond acceptors (Lipinski definition) is 5. The summed E-state index contributed by atoms with van der Waals surface area (Å²) in [6, 6.07) is 8.23. The molecule has 2 aliphatic rings. The van der Waals surface area contributed by atoms with E-state index >= 15 is 0 Å². The number of halogens is 1. The Hall–Kier alpha value is -1.69. The number of rotatable bonds is 2. The number of benzene rings is 1. The molecule has 5 N–H and O–H groups in total. The summed E-state index contributed by atoms with van der Waals surface area (Å²) in [4.78, 5) is 4.33. The highest BCUT2D eigenvalue weighted by Crippen LogP contribution is 2.36. The van der Waals surface area contributed by atoms with Crippen LogP contribution in [0.2, 0.25) is 0 Å². The van der Waals surface area contributed by atoms with Crippen LogP contribution < -0.4 is 26.6 Å². The van der Waals surface area contributed by atoms with E-state index in [1.165, 1.54) is 0 Å². The summed E-state index contributed by atoms with van der Waals surface area (Å²) in [6.45, 7) is 3.44. The van der Waals surface area contributed by atoms with E-state index in [1.807, 2.05) is 31.2 Å². The molecule has 0 amide bonds. The van der Waals surface area contributed by atoms with Gasteiger partial charge in [0.25, 0.3) is 0 Å². The monoisotopic (exact) mass is 319 g/mol. The molecule has 0 saturated carbocycles. The number of allylic oxidation sites excluding steroid dienone is 2. The highest BCUT2D eigenvalue weighted by Gasteiger charge is 2.28. The van der Waals surface area contributed by atoms with E-state index in [4.69, 9.17) is 23.1 Å². The maximum atomic E-state index is 6.35. The molecule has 2 heterocycles. The molecular weight excluding hydrogens is 298 g/mol. The fraction of sp³-hybridized carbons (Fsp3) is 0.375. The van der Waals surface area contributed by atoms with Crippen molar-refractivity contribution >= 4 is 23.0 Å². The minimum Gasteiger partial charge on any atom is -0.366 e. The standard InChI is InChI=1S/C16H22ClN5/c1-11(18)22-14-5-3-2-4-13(14)21(9-8-15(22)19)16-7-6-12(17)10-20-16/h2-7,11,15,20H,8-10,18-19H2,1H3. The minimum atomic E-state index is -0.140. The molecule has 0 aromatic heterocycles. The van der Waals surface area contributed by atoms with Crippen LogP contribution in [-0.2, 0) is 0 Å². The average Bonchev–Trinajstić information content (AvgIpc) is 2.64. The van der Waals surface area contributed by atoms with Crippen LogP contribution in [0.4, 0.5) is 11.4 Å². The third kappa shape index (κ3) is 2.79. The van der Waals surface area contributed by atoms with Crippen molar-refractivity contribution in [2.24, 2.45) is 11.5 Å². The van der Waals surface area contributed by atoms with Gasteiger partial charge < -0.3 is 26.6 Å². The van der Waals surface area contributed by atoms with Gasteiger partial charge in [0, 0.05) is 11.6 Å². The number of nitrogens with two attached hydrogens (primary N) is 2. The molecule has 6 heteroatoms. The first kappa shape index (κ1) is 15.2. The topological polar surface area (TPSA) is 70.5 Å². The molecule has 22 heavy (non-hydrogen) atoms. The highest BCUT2D eigenvalue weighted by atomic mass is 35.5. The SMILES string of the molecule is CC(N)N1c2ccccc2N(C2=CC=C(Cl)CN2)CCC1N.